The van der Waals surface area contributed by atoms with Gasteiger partial charge in [0.1, 0.15) is 0 Å². The smallest absolute Gasteiger partial charge is 0.0218 e. The van der Waals surface area contributed by atoms with E-state index in [9.17, 15) is 0 Å². The maximum atomic E-state index is 3.65. The molecule has 0 spiro atoms. The Morgan fingerprint density at radius 1 is 1.33 bits per heavy atom. The highest BCUT2D eigenvalue weighted by atomic mass is 32.1. The molecule has 0 aliphatic rings. The quantitative estimate of drug-likeness (QED) is 0.736. The van der Waals surface area contributed by atoms with Gasteiger partial charge in [-0.25, -0.2) is 0 Å². The van der Waals surface area contributed by atoms with E-state index in [0.717, 1.165) is 6.54 Å². The molecule has 1 unspecified atom stereocenters. The zero-order valence-corrected chi connectivity index (χ0v) is 11.0. The van der Waals surface area contributed by atoms with Crippen LogP contribution in [0.3, 0.4) is 0 Å². The van der Waals surface area contributed by atoms with Crippen LogP contribution in [0.2, 0.25) is 0 Å². The molecular weight excluding hydrogens is 202 g/mol. The molecule has 0 aliphatic heterocycles. The second-order valence-electron chi connectivity index (χ2n) is 4.21. The van der Waals surface area contributed by atoms with E-state index in [2.05, 4.69) is 36.8 Å². The molecule has 0 bridgehead atoms. The first-order valence-electron chi connectivity index (χ1n) is 6.03. The second kappa shape index (κ2) is 7.02. The molecule has 15 heavy (non-hydrogen) atoms. The third kappa shape index (κ3) is 4.35. The lowest BCUT2D eigenvalue weighted by molar-refractivity contribution is 0.452. The van der Waals surface area contributed by atoms with E-state index in [0.29, 0.717) is 6.04 Å². The van der Waals surface area contributed by atoms with E-state index in [-0.39, 0.29) is 0 Å². The van der Waals surface area contributed by atoms with Crippen LogP contribution in [0.15, 0.2) is 10.8 Å². The fourth-order valence-electron chi connectivity index (χ4n) is 1.72. The SMILES string of the molecule is CCCCC(CC)NCc1cscc1C. The number of hydrogen-bond donors (Lipinski definition) is 1. The maximum Gasteiger partial charge on any atom is 0.0218 e. The zero-order valence-electron chi connectivity index (χ0n) is 10.2. The van der Waals surface area contributed by atoms with Crippen molar-refractivity contribution in [2.75, 3.05) is 0 Å². The first-order chi connectivity index (χ1) is 7.27. The van der Waals surface area contributed by atoms with Crippen LogP contribution >= 0.6 is 11.3 Å². The van der Waals surface area contributed by atoms with Crippen molar-refractivity contribution in [3.8, 4) is 0 Å². The van der Waals surface area contributed by atoms with Crippen molar-refractivity contribution < 1.29 is 0 Å². The van der Waals surface area contributed by atoms with Crippen molar-refractivity contribution in [1.29, 1.82) is 0 Å². The molecule has 0 amide bonds. The van der Waals surface area contributed by atoms with E-state index < -0.39 is 0 Å². The van der Waals surface area contributed by atoms with Crippen molar-refractivity contribution >= 4 is 11.3 Å². The van der Waals surface area contributed by atoms with Gasteiger partial charge in [-0.2, -0.15) is 11.3 Å². The van der Waals surface area contributed by atoms with Gasteiger partial charge in [-0.1, -0.05) is 26.7 Å². The molecule has 86 valence electrons. The number of nitrogens with one attached hydrogen (secondary N) is 1. The molecule has 0 fully saturated rings. The maximum absolute atomic E-state index is 3.65. The monoisotopic (exact) mass is 225 g/mol. The molecule has 0 saturated heterocycles. The average Bonchev–Trinajstić information content (AvgIpc) is 2.65. The lowest BCUT2D eigenvalue weighted by Crippen LogP contribution is -2.27. The number of rotatable bonds is 7. The van der Waals surface area contributed by atoms with E-state index >= 15 is 0 Å². The molecular formula is C13H23NS. The molecule has 1 aromatic heterocycles. The van der Waals surface area contributed by atoms with Crippen LogP contribution in [-0.2, 0) is 6.54 Å². The molecule has 1 heterocycles. The Labute approximate surface area is 97.9 Å². The topological polar surface area (TPSA) is 12.0 Å². The van der Waals surface area contributed by atoms with E-state index in [1.54, 1.807) is 11.3 Å². The summed E-state index contributed by atoms with van der Waals surface area (Å²) in [5.41, 5.74) is 2.90. The molecule has 1 aromatic rings. The molecule has 0 aromatic carbocycles. The minimum Gasteiger partial charge on any atom is -0.310 e. The van der Waals surface area contributed by atoms with Crippen LogP contribution in [-0.4, -0.2) is 6.04 Å². The van der Waals surface area contributed by atoms with E-state index in [4.69, 9.17) is 0 Å². The van der Waals surface area contributed by atoms with Crippen molar-refractivity contribution in [3.05, 3.63) is 21.9 Å². The molecule has 1 N–H and O–H groups in total. The highest BCUT2D eigenvalue weighted by molar-refractivity contribution is 7.08. The van der Waals surface area contributed by atoms with Crippen LogP contribution in [0.4, 0.5) is 0 Å². The van der Waals surface area contributed by atoms with Gasteiger partial charge in [-0.3, -0.25) is 0 Å². The first-order valence-corrected chi connectivity index (χ1v) is 6.97. The Balaban J connectivity index is 2.31. The van der Waals surface area contributed by atoms with Crippen molar-refractivity contribution in [3.63, 3.8) is 0 Å². The van der Waals surface area contributed by atoms with Gasteiger partial charge in [-0.05, 0) is 41.7 Å². The molecule has 1 nitrogen and oxygen atoms in total. The van der Waals surface area contributed by atoms with Crippen LogP contribution in [0.1, 0.15) is 50.7 Å². The predicted molar refractivity (Wildman–Crippen MR) is 69.5 cm³/mol. The Bertz CT molecular complexity index is 267. The third-order valence-electron chi connectivity index (χ3n) is 2.94. The lowest BCUT2D eigenvalue weighted by atomic mass is 10.1. The van der Waals surface area contributed by atoms with E-state index in [1.165, 1.54) is 36.8 Å². The van der Waals surface area contributed by atoms with Crippen molar-refractivity contribution in [2.24, 2.45) is 0 Å². The van der Waals surface area contributed by atoms with Crippen molar-refractivity contribution in [2.45, 2.75) is 59.0 Å². The van der Waals surface area contributed by atoms with Gasteiger partial charge < -0.3 is 5.32 Å². The Morgan fingerprint density at radius 2 is 2.13 bits per heavy atom. The number of hydrogen-bond acceptors (Lipinski definition) is 2. The van der Waals surface area contributed by atoms with Gasteiger partial charge in [0.15, 0.2) is 0 Å². The summed E-state index contributed by atoms with van der Waals surface area (Å²) in [5, 5.41) is 8.14. The van der Waals surface area contributed by atoms with Crippen LogP contribution < -0.4 is 5.32 Å². The Morgan fingerprint density at radius 3 is 2.67 bits per heavy atom. The number of thiophene rings is 1. The molecule has 0 saturated carbocycles. The molecule has 0 aliphatic carbocycles. The normalized spacial score (nSPS) is 13.0. The van der Waals surface area contributed by atoms with Gasteiger partial charge in [0.05, 0.1) is 0 Å². The van der Waals surface area contributed by atoms with Gasteiger partial charge in [0.2, 0.25) is 0 Å². The van der Waals surface area contributed by atoms with Gasteiger partial charge in [-0.15, -0.1) is 0 Å². The first kappa shape index (κ1) is 12.7. The largest absolute Gasteiger partial charge is 0.310 e. The molecule has 1 atom stereocenters. The zero-order chi connectivity index (χ0) is 11.1. The van der Waals surface area contributed by atoms with Crippen LogP contribution in [0.5, 0.6) is 0 Å². The minimum atomic E-state index is 0.698. The highest BCUT2D eigenvalue weighted by Gasteiger charge is 2.06. The lowest BCUT2D eigenvalue weighted by Gasteiger charge is -2.16. The summed E-state index contributed by atoms with van der Waals surface area (Å²) in [6.07, 6.45) is 5.20. The fourth-order valence-corrected chi connectivity index (χ4v) is 2.58. The average molecular weight is 225 g/mol. The molecule has 1 rings (SSSR count). The van der Waals surface area contributed by atoms with Crippen molar-refractivity contribution in [1.82, 2.24) is 5.32 Å². The highest BCUT2D eigenvalue weighted by Crippen LogP contribution is 2.14. The standard InChI is InChI=1S/C13H23NS/c1-4-6-7-13(5-2)14-8-12-10-15-9-11(12)3/h9-10,13-14H,4-8H2,1-3H3. The summed E-state index contributed by atoms with van der Waals surface area (Å²) < 4.78 is 0. The van der Waals surface area contributed by atoms with Gasteiger partial charge in [0.25, 0.3) is 0 Å². The van der Waals surface area contributed by atoms with Gasteiger partial charge >= 0.3 is 0 Å². The second-order valence-corrected chi connectivity index (χ2v) is 4.95. The molecule has 0 radical (unpaired) electrons. The summed E-state index contributed by atoms with van der Waals surface area (Å²) in [6, 6.07) is 0.698. The summed E-state index contributed by atoms with van der Waals surface area (Å²) >= 11 is 1.80. The van der Waals surface area contributed by atoms with Crippen LogP contribution in [0, 0.1) is 6.92 Å². The summed E-state index contributed by atoms with van der Waals surface area (Å²) in [6.45, 7) is 7.77. The Kier molecular flexibility index (Phi) is 5.96. The third-order valence-corrected chi connectivity index (χ3v) is 3.85. The fraction of sp³-hybridized carbons (Fsp3) is 0.692. The summed E-state index contributed by atoms with van der Waals surface area (Å²) in [5.74, 6) is 0. The minimum absolute atomic E-state index is 0.698. The summed E-state index contributed by atoms with van der Waals surface area (Å²) in [4.78, 5) is 0. The summed E-state index contributed by atoms with van der Waals surface area (Å²) in [7, 11) is 0. The number of unbranched alkanes of at least 4 members (excludes halogenated alkanes) is 1. The predicted octanol–water partition coefficient (Wildman–Crippen LogP) is 4.11. The van der Waals surface area contributed by atoms with E-state index in [1.807, 2.05) is 0 Å². The Hall–Kier alpha value is -0.340. The number of aryl methyl sites for hydroxylation is 1. The van der Waals surface area contributed by atoms with Gasteiger partial charge in [0, 0.05) is 12.6 Å². The molecule has 2 heteroatoms. The van der Waals surface area contributed by atoms with Crippen LogP contribution in [0.25, 0.3) is 0 Å².